The molecule has 1 aromatic rings. The summed E-state index contributed by atoms with van der Waals surface area (Å²) >= 11 is 0. The lowest BCUT2D eigenvalue weighted by molar-refractivity contribution is -0.137. The Morgan fingerprint density at radius 2 is 2.06 bits per heavy atom. The maximum Gasteiger partial charge on any atom is 0.225 e. The largest absolute Gasteiger partial charge is 0.338 e. The summed E-state index contributed by atoms with van der Waals surface area (Å²) in [4.78, 5) is 18.8. The molecule has 2 heterocycles. The summed E-state index contributed by atoms with van der Waals surface area (Å²) in [5, 5.41) is 0. The van der Waals surface area contributed by atoms with Gasteiger partial charge in [0.15, 0.2) is 0 Å². The van der Waals surface area contributed by atoms with Gasteiger partial charge in [0.25, 0.3) is 0 Å². The number of hydrogen-bond donors (Lipinski definition) is 0. The van der Waals surface area contributed by atoms with Crippen LogP contribution in [0.25, 0.3) is 0 Å². The third-order valence-electron chi connectivity index (χ3n) is 3.89. The lowest BCUT2D eigenvalue weighted by Gasteiger charge is -2.31. The fourth-order valence-corrected chi connectivity index (χ4v) is 2.29. The number of hydrogen-bond acceptors (Lipinski definition) is 2. The van der Waals surface area contributed by atoms with E-state index in [4.69, 9.17) is 0 Å². The Labute approximate surface area is 109 Å². The first-order valence-electron chi connectivity index (χ1n) is 6.73. The van der Waals surface area contributed by atoms with Crippen molar-refractivity contribution in [2.24, 2.45) is 11.8 Å². The molecular weight excluding hydrogens is 224 g/mol. The van der Waals surface area contributed by atoms with Gasteiger partial charge in [-0.15, -0.1) is 0 Å². The van der Waals surface area contributed by atoms with Gasteiger partial charge < -0.3 is 4.90 Å². The molecule has 3 nitrogen and oxygen atoms in total. The van der Waals surface area contributed by atoms with Crippen LogP contribution in [0.2, 0.25) is 0 Å². The van der Waals surface area contributed by atoms with Crippen molar-refractivity contribution in [2.45, 2.75) is 40.7 Å². The number of fused-ring (bicyclic) bond motifs is 1. The average Bonchev–Trinajstić information content (AvgIpc) is 2.36. The quantitative estimate of drug-likeness (QED) is 0.803. The summed E-state index contributed by atoms with van der Waals surface area (Å²) in [6, 6.07) is 4.13. The number of carbonyl (C=O) groups is 1. The second-order valence-electron chi connectivity index (χ2n) is 5.60. The van der Waals surface area contributed by atoms with Gasteiger partial charge in [-0.1, -0.05) is 26.8 Å². The van der Waals surface area contributed by atoms with E-state index in [0.717, 1.165) is 30.9 Å². The monoisotopic (exact) mass is 246 g/mol. The van der Waals surface area contributed by atoms with Crippen LogP contribution in [0.15, 0.2) is 12.1 Å². The van der Waals surface area contributed by atoms with Crippen molar-refractivity contribution in [2.75, 3.05) is 6.54 Å². The number of rotatable bonds is 2. The summed E-state index contributed by atoms with van der Waals surface area (Å²) in [5.74, 6) is 0.774. The molecule has 98 valence electrons. The smallest absolute Gasteiger partial charge is 0.225 e. The lowest BCUT2D eigenvalue weighted by Crippen LogP contribution is -2.40. The van der Waals surface area contributed by atoms with Crippen molar-refractivity contribution < 1.29 is 4.79 Å². The highest BCUT2D eigenvalue weighted by atomic mass is 16.2. The molecule has 1 aliphatic rings. The van der Waals surface area contributed by atoms with Crippen LogP contribution in [0.5, 0.6) is 0 Å². The number of nitrogens with zero attached hydrogens (tertiary/aromatic N) is 2. The molecule has 0 saturated heterocycles. The van der Waals surface area contributed by atoms with E-state index in [1.54, 1.807) is 0 Å². The van der Waals surface area contributed by atoms with Crippen molar-refractivity contribution in [3.63, 3.8) is 0 Å². The average molecular weight is 246 g/mol. The molecule has 1 aliphatic heterocycles. The van der Waals surface area contributed by atoms with Crippen LogP contribution in [0.3, 0.4) is 0 Å². The minimum atomic E-state index is 0.102. The normalized spacial score (nSPS) is 16.6. The molecule has 2 rings (SSSR count). The van der Waals surface area contributed by atoms with Crippen LogP contribution in [0.1, 0.15) is 37.7 Å². The molecule has 1 atom stereocenters. The van der Waals surface area contributed by atoms with E-state index in [9.17, 15) is 4.79 Å². The molecule has 18 heavy (non-hydrogen) atoms. The molecule has 1 amide bonds. The molecule has 0 aliphatic carbocycles. The molecule has 0 unspecified atom stereocenters. The van der Waals surface area contributed by atoms with Gasteiger partial charge in [-0.2, -0.15) is 0 Å². The fourth-order valence-electron chi connectivity index (χ4n) is 2.29. The van der Waals surface area contributed by atoms with E-state index in [2.05, 4.69) is 24.9 Å². The van der Waals surface area contributed by atoms with Crippen molar-refractivity contribution in [3.8, 4) is 0 Å². The number of amides is 1. The van der Waals surface area contributed by atoms with Gasteiger partial charge in [0, 0.05) is 36.8 Å². The Morgan fingerprint density at radius 1 is 1.33 bits per heavy atom. The molecule has 0 aromatic carbocycles. The molecule has 3 heteroatoms. The first-order chi connectivity index (χ1) is 8.49. The summed E-state index contributed by atoms with van der Waals surface area (Å²) in [6.07, 6.45) is 0.883. The first-order valence-corrected chi connectivity index (χ1v) is 6.73. The van der Waals surface area contributed by atoms with Crippen LogP contribution in [-0.2, 0) is 17.8 Å². The van der Waals surface area contributed by atoms with Crippen LogP contribution in [0.4, 0.5) is 0 Å². The summed E-state index contributed by atoms with van der Waals surface area (Å²) in [6.45, 7) is 9.77. The SMILES string of the molecule is Cc1ccc2c(n1)CCN(C(=O)[C@@H](C)C(C)C)C2. The molecule has 0 bridgehead atoms. The van der Waals surface area contributed by atoms with Gasteiger partial charge in [0.05, 0.1) is 0 Å². The Balaban J connectivity index is 2.12. The minimum Gasteiger partial charge on any atom is -0.338 e. The van der Waals surface area contributed by atoms with Crippen molar-refractivity contribution >= 4 is 5.91 Å². The van der Waals surface area contributed by atoms with E-state index >= 15 is 0 Å². The number of aryl methyl sites for hydroxylation is 1. The Bertz CT molecular complexity index is 454. The van der Waals surface area contributed by atoms with E-state index in [1.165, 1.54) is 5.56 Å². The zero-order chi connectivity index (χ0) is 13.3. The predicted octanol–water partition coefficient (Wildman–Crippen LogP) is 2.57. The van der Waals surface area contributed by atoms with Gasteiger partial charge in [-0.05, 0) is 24.5 Å². The second-order valence-corrected chi connectivity index (χ2v) is 5.60. The van der Waals surface area contributed by atoms with E-state index in [1.807, 2.05) is 24.8 Å². The maximum absolute atomic E-state index is 12.3. The third-order valence-corrected chi connectivity index (χ3v) is 3.89. The molecular formula is C15H22N2O. The highest BCUT2D eigenvalue weighted by Gasteiger charge is 2.26. The Hall–Kier alpha value is -1.38. The summed E-state index contributed by atoms with van der Waals surface area (Å²) < 4.78 is 0. The number of carbonyl (C=O) groups excluding carboxylic acids is 1. The molecule has 0 fully saturated rings. The highest BCUT2D eigenvalue weighted by molar-refractivity contribution is 5.79. The number of pyridine rings is 1. The van der Waals surface area contributed by atoms with Crippen LogP contribution >= 0.6 is 0 Å². The molecule has 1 aromatic heterocycles. The molecule has 0 saturated carbocycles. The molecule has 0 N–H and O–H groups in total. The lowest BCUT2D eigenvalue weighted by atomic mass is 9.95. The van der Waals surface area contributed by atoms with E-state index in [0.29, 0.717) is 5.92 Å². The van der Waals surface area contributed by atoms with Gasteiger partial charge in [-0.3, -0.25) is 9.78 Å². The maximum atomic E-state index is 12.3. The van der Waals surface area contributed by atoms with Crippen LogP contribution < -0.4 is 0 Å². The Kier molecular flexibility index (Phi) is 3.69. The van der Waals surface area contributed by atoms with Gasteiger partial charge in [0.2, 0.25) is 5.91 Å². The fraction of sp³-hybridized carbons (Fsp3) is 0.600. The van der Waals surface area contributed by atoms with E-state index < -0.39 is 0 Å². The van der Waals surface area contributed by atoms with Gasteiger partial charge in [0.1, 0.15) is 0 Å². The molecule has 0 spiro atoms. The summed E-state index contributed by atoms with van der Waals surface area (Å²) in [7, 11) is 0. The van der Waals surface area contributed by atoms with Crippen molar-refractivity contribution in [1.82, 2.24) is 9.88 Å². The van der Waals surface area contributed by atoms with Crippen LogP contribution in [0, 0.1) is 18.8 Å². The van der Waals surface area contributed by atoms with Crippen molar-refractivity contribution in [3.05, 3.63) is 29.1 Å². The zero-order valence-electron chi connectivity index (χ0n) is 11.7. The zero-order valence-corrected chi connectivity index (χ0v) is 11.7. The van der Waals surface area contributed by atoms with Crippen molar-refractivity contribution in [1.29, 1.82) is 0 Å². The number of aromatic nitrogens is 1. The van der Waals surface area contributed by atoms with Gasteiger partial charge in [-0.25, -0.2) is 0 Å². The summed E-state index contributed by atoms with van der Waals surface area (Å²) in [5.41, 5.74) is 3.43. The topological polar surface area (TPSA) is 33.2 Å². The second kappa shape index (κ2) is 5.09. The van der Waals surface area contributed by atoms with E-state index in [-0.39, 0.29) is 11.8 Å². The van der Waals surface area contributed by atoms with Crippen LogP contribution in [-0.4, -0.2) is 22.3 Å². The first kappa shape index (κ1) is 13.1. The minimum absolute atomic E-state index is 0.102. The third kappa shape index (κ3) is 2.55. The standard InChI is InChI=1S/C15H22N2O/c1-10(2)12(4)15(18)17-8-7-14-13(9-17)6-5-11(3)16-14/h5-6,10,12H,7-9H2,1-4H3/t12-/m0/s1. The highest BCUT2D eigenvalue weighted by Crippen LogP contribution is 2.21. The predicted molar refractivity (Wildman–Crippen MR) is 72.1 cm³/mol. The molecule has 0 radical (unpaired) electrons. The Morgan fingerprint density at radius 3 is 2.72 bits per heavy atom. The van der Waals surface area contributed by atoms with Gasteiger partial charge >= 0.3 is 0 Å².